The summed E-state index contributed by atoms with van der Waals surface area (Å²) in [6.07, 6.45) is 1.39. The summed E-state index contributed by atoms with van der Waals surface area (Å²) in [6.45, 7) is 3.84. The summed E-state index contributed by atoms with van der Waals surface area (Å²) >= 11 is 0. The number of hydrogen-bond acceptors (Lipinski definition) is 7. The first-order valence-corrected chi connectivity index (χ1v) is 5.96. The monoisotopic (exact) mass is 268 g/mol. The summed E-state index contributed by atoms with van der Waals surface area (Å²) in [5.74, 6) is 1.16. The van der Waals surface area contributed by atoms with Crippen LogP contribution in [0, 0.1) is 5.92 Å². The molecular formula is C12H20N4O3. The molecule has 0 spiro atoms. The van der Waals surface area contributed by atoms with Gasteiger partial charge in [0.15, 0.2) is 11.6 Å². The van der Waals surface area contributed by atoms with E-state index in [1.807, 2.05) is 13.8 Å². The fourth-order valence-electron chi connectivity index (χ4n) is 1.62. The number of hydrogen-bond donors (Lipinski definition) is 2. The van der Waals surface area contributed by atoms with Gasteiger partial charge in [0.05, 0.1) is 14.2 Å². The second kappa shape index (κ2) is 6.77. The second-order valence-corrected chi connectivity index (χ2v) is 4.24. The molecule has 106 valence electrons. The van der Waals surface area contributed by atoms with Crippen molar-refractivity contribution in [2.75, 3.05) is 31.9 Å². The number of carbonyl (C=O) groups excluding carboxylic acids is 1. The highest BCUT2D eigenvalue weighted by atomic mass is 16.5. The Morgan fingerprint density at radius 3 is 2.37 bits per heavy atom. The number of methoxy groups -OCH3 is 2. The predicted molar refractivity (Wildman–Crippen MR) is 72.4 cm³/mol. The minimum absolute atomic E-state index is 0.0464. The van der Waals surface area contributed by atoms with Crippen molar-refractivity contribution < 1.29 is 14.3 Å². The van der Waals surface area contributed by atoms with Gasteiger partial charge in [-0.05, 0) is 5.92 Å². The molecular weight excluding hydrogens is 248 g/mol. The van der Waals surface area contributed by atoms with Crippen molar-refractivity contribution in [1.29, 1.82) is 0 Å². The van der Waals surface area contributed by atoms with Crippen molar-refractivity contribution in [3.05, 3.63) is 6.33 Å². The van der Waals surface area contributed by atoms with Crippen LogP contribution < -0.4 is 15.4 Å². The molecule has 0 saturated carbocycles. The van der Waals surface area contributed by atoms with Gasteiger partial charge >= 0.3 is 5.97 Å². The number of anilines is 2. The molecule has 0 aromatic carbocycles. The SMILES string of the molecule is CNc1ncnc(NC(C(=O)OC)C(C)C)c1OC. The fraction of sp³-hybridized carbons (Fsp3) is 0.583. The van der Waals surface area contributed by atoms with Crippen LogP contribution in [0.3, 0.4) is 0 Å². The van der Waals surface area contributed by atoms with E-state index in [1.165, 1.54) is 20.5 Å². The maximum absolute atomic E-state index is 11.7. The number of esters is 1. The van der Waals surface area contributed by atoms with E-state index in [0.717, 1.165) is 0 Å². The highest BCUT2D eigenvalue weighted by Crippen LogP contribution is 2.29. The molecule has 0 amide bonds. The lowest BCUT2D eigenvalue weighted by atomic mass is 10.0. The molecule has 1 rings (SSSR count). The van der Waals surface area contributed by atoms with Crippen molar-refractivity contribution in [1.82, 2.24) is 9.97 Å². The van der Waals surface area contributed by atoms with E-state index in [1.54, 1.807) is 7.05 Å². The van der Waals surface area contributed by atoms with Gasteiger partial charge in [-0.3, -0.25) is 0 Å². The van der Waals surface area contributed by atoms with Crippen molar-refractivity contribution in [2.45, 2.75) is 19.9 Å². The number of nitrogens with one attached hydrogen (secondary N) is 2. The van der Waals surface area contributed by atoms with Gasteiger partial charge in [0.1, 0.15) is 12.4 Å². The van der Waals surface area contributed by atoms with E-state index in [-0.39, 0.29) is 11.9 Å². The average molecular weight is 268 g/mol. The molecule has 0 saturated heterocycles. The molecule has 19 heavy (non-hydrogen) atoms. The van der Waals surface area contributed by atoms with Gasteiger partial charge in [-0.2, -0.15) is 0 Å². The van der Waals surface area contributed by atoms with Gasteiger partial charge in [0.2, 0.25) is 5.75 Å². The lowest BCUT2D eigenvalue weighted by Gasteiger charge is -2.21. The van der Waals surface area contributed by atoms with Crippen LogP contribution in [-0.2, 0) is 9.53 Å². The minimum Gasteiger partial charge on any atom is -0.490 e. The van der Waals surface area contributed by atoms with Crippen LogP contribution in [0.25, 0.3) is 0 Å². The van der Waals surface area contributed by atoms with Crippen LogP contribution in [-0.4, -0.2) is 43.2 Å². The number of aromatic nitrogens is 2. The summed E-state index contributed by atoms with van der Waals surface area (Å²) in [4.78, 5) is 19.9. The molecule has 1 aromatic rings. The molecule has 1 unspecified atom stereocenters. The third kappa shape index (κ3) is 3.46. The molecule has 7 heteroatoms. The van der Waals surface area contributed by atoms with E-state index >= 15 is 0 Å². The van der Waals surface area contributed by atoms with Gasteiger partial charge < -0.3 is 20.1 Å². The Morgan fingerprint density at radius 1 is 1.26 bits per heavy atom. The minimum atomic E-state index is -0.501. The summed E-state index contributed by atoms with van der Waals surface area (Å²) in [5, 5.41) is 5.93. The van der Waals surface area contributed by atoms with E-state index < -0.39 is 6.04 Å². The molecule has 1 heterocycles. The van der Waals surface area contributed by atoms with E-state index in [0.29, 0.717) is 17.4 Å². The third-order valence-corrected chi connectivity index (χ3v) is 2.66. The number of carbonyl (C=O) groups is 1. The third-order valence-electron chi connectivity index (χ3n) is 2.66. The summed E-state index contributed by atoms with van der Waals surface area (Å²) in [6, 6.07) is -0.501. The van der Waals surface area contributed by atoms with E-state index in [9.17, 15) is 4.79 Å². The van der Waals surface area contributed by atoms with Gasteiger partial charge in [-0.1, -0.05) is 13.8 Å². The molecule has 0 bridgehead atoms. The maximum Gasteiger partial charge on any atom is 0.328 e. The lowest BCUT2D eigenvalue weighted by Crippen LogP contribution is -2.36. The highest BCUT2D eigenvalue weighted by molar-refractivity contribution is 5.80. The Kier molecular flexibility index (Phi) is 5.35. The smallest absolute Gasteiger partial charge is 0.328 e. The van der Waals surface area contributed by atoms with Crippen LogP contribution in [0.2, 0.25) is 0 Å². The number of rotatable bonds is 6. The van der Waals surface area contributed by atoms with Crippen molar-refractivity contribution in [2.24, 2.45) is 5.92 Å². The van der Waals surface area contributed by atoms with Crippen LogP contribution >= 0.6 is 0 Å². The molecule has 0 radical (unpaired) electrons. The van der Waals surface area contributed by atoms with E-state index in [4.69, 9.17) is 9.47 Å². The first kappa shape index (κ1) is 15.0. The van der Waals surface area contributed by atoms with Gasteiger partial charge in [-0.25, -0.2) is 14.8 Å². The Labute approximate surface area is 112 Å². The molecule has 7 nitrogen and oxygen atoms in total. The lowest BCUT2D eigenvalue weighted by molar-refractivity contribution is -0.142. The van der Waals surface area contributed by atoms with Crippen LogP contribution in [0.1, 0.15) is 13.8 Å². The van der Waals surface area contributed by atoms with Crippen molar-refractivity contribution in [3.8, 4) is 5.75 Å². The quantitative estimate of drug-likeness (QED) is 0.748. The normalized spacial score (nSPS) is 11.9. The molecule has 2 N–H and O–H groups in total. The molecule has 1 atom stereocenters. The Morgan fingerprint density at radius 2 is 1.89 bits per heavy atom. The maximum atomic E-state index is 11.7. The summed E-state index contributed by atoms with van der Waals surface area (Å²) in [7, 11) is 4.61. The Bertz CT molecular complexity index is 437. The zero-order valence-corrected chi connectivity index (χ0v) is 11.9. The Hall–Kier alpha value is -2.05. The highest BCUT2D eigenvalue weighted by Gasteiger charge is 2.25. The van der Waals surface area contributed by atoms with E-state index in [2.05, 4.69) is 20.6 Å². The van der Waals surface area contributed by atoms with Gasteiger partial charge in [0, 0.05) is 7.05 Å². The molecule has 1 aromatic heterocycles. The van der Waals surface area contributed by atoms with Crippen LogP contribution in [0.15, 0.2) is 6.33 Å². The molecule has 0 aliphatic carbocycles. The number of ether oxygens (including phenoxy) is 2. The zero-order chi connectivity index (χ0) is 14.4. The zero-order valence-electron chi connectivity index (χ0n) is 11.9. The van der Waals surface area contributed by atoms with Crippen molar-refractivity contribution >= 4 is 17.6 Å². The molecule has 0 fully saturated rings. The average Bonchev–Trinajstić information content (AvgIpc) is 2.42. The first-order chi connectivity index (χ1) is 9.04. The predicted octanol–water partition coefficient (Wildman–Crippen LogP) is 1.14. The molecule has 0 aliphatic rings. The second-order valence-electron chi connectivity index (χ2n) is 4.24. The Balaban J connectivity index is 3.06. The topological polar surface area (TPSA) is 85.4 Å². The van der Waals surface area contributed by atoms with Crippen LogP contribution in [0.4, 0.5) is 11.6 Å². The first-order valence-electron chi connectivity index (χ1n) is 5.96. The molecule has 0 aliphatic heterocycles. The van der Waals surface area contributed by atoms with Gasteiger partial charge in [0.25, 0.3) is 0 Å². The van der Waals surface area contributed by atoms with Crippen LogP contribution in [0.5, 0.6) is 5.75 Å². The number of nitrogens with zero attached hydrogens (tertiary/aromatic N) is 2. The largest absolute Gasteiger partial charge is 0.490 e. The van der Waals surface area contributed by atoms with Crippen molar-refractivity contribution in [3.63, 3.8) is 0 Å². The standard InChI is InChI=1S/C12H20N4O3/c1-7(2)8(12(17)19-5)16-11-9(18-4)10(13-3)14-6-15-11/h6-8H,1-5H3,(H2,13,14,15,16). The summed E-state index contributed by atoms with van der Waals surface area (Å²) < 4.78 is 10.0. The van der Waals surface area contributed by atoms with Gasteiger partial charge in [-0.15, -0.1) is 0 Å². The summed E-state index contributed by atoms with van der Waals surface area (Å²) in [5.41, 5.74) is 0. The fourth-order valence-corrected chi connectivity index (χ4v) is 1.62.